The molecule has 0 aliphatic rings. The summed E-state index contributed by atoms with van der Waals surface area (Å²) in [6.45, 7) is 8.58. The molecule has 0 spiro atoms. The molecule has 0 amide bonds. The van der Waals surface area contributed by atoms with Gasteiger partial charge in [-0.05, 0) is 32.1 Å². The monoisotopic (exact) mass is 298 g/mol. The van der Waals surface area contributed by atoms with Crippen LogP contribution in [-0.2, 0) is 0 Å². The maximum atomic E-state index is 6.22. The zero-order chi connectivity index (χ0) is 10.7. The van der Waals surface area contributed by atoms with Gasteiger partial charge in [-0.25, -0.2) is 0 Å². The summed E-state index contributed by atoms with van der Waals surface area (Å²) in [5.74, 6) is 0.701. The summed E-state index contributed by atoms with van der Waals surface area (Å²) in [6, 6.07) is 0. The van der Waals surface area contributed by atoms with Crippen LogP contribution in [0.1, 0.15) is 47.0 Å². The summed E-state index contributed by atoms with van der Waals surface area (Å²) in [5.41, 5.74) is 12.1. The quantitative estimate of drug-likeness (QED) is 0.466. The number of nitrogens with two attached hydrogens (primary N) is 2. The first-order valence-electron chi connectivity index (χ1n) is 4.99. The molecule has 2 unspecified atom stereocenters. The minimum absolute atomic E-state index is 0.257. The van der Waals surface area contributed by atoms with Crippen molar-refractivity contribution >= 4 is 22.6 Å². The normalized spacial score (nSPS) is 21.2. The Balaban J connectivity index is 4.22. The van der Waals surface area contributed by atoms with Crippen molar-refractivity contribution in [2.24, 2.45) is 17.4 Å². The Kier molecular flexibility index (Phi) is 5.18. The highest BCUT2D eigenvalue weighted by Crippen LogP contribution is 2.32. The summed E-state index contributed by atoms with van der Waals surface area (Å²) in [7, 11) is 0. The van der Waals surface area contributed by atoms with Gasteiger partial charge in [0.05, 0.1) is 3.55 Å². The van der Waals surface area contributed by atoms with E-state index in [0.29, 0.717) is 5.92 Å². The SMILES string of the molecule is CCC(N)(I)C(C)(N)CCC(C)C. The lowest BCUT2D eigenvalue weighted by Gasteiger charge is -2.39. The van der Waals surface area contributed by atoms with Crippen molar-refractivity contribution in [1.29, 1.82) is 0 Å². The van der Waals surface area contributed by atoms with Gasteiger partial charge in [0.15, 0.2) is 0 Å². The summed E-state index contributed by atoms with van der Waals surface area (Å²) in [6.07, 6.45) is 3.06. The molecule has 0 saturated carbocycles. The molecule has 0 aliphatic carbocycles. The first kappa shape index (κ1) is 13.7. The summed E-state index contributed by atoms with van der Waals surface area (Å²) in [4.78, 5) is 0. The van der Waals surface area contributed by atoms with Crippen LogP contribution in [-0.4, -0.2) is 9.08 Å². The third-order valence-corrected chi connectivity index (χ3v) is 4.70. The van der Waals surface area contributed by atoms with Gasteiger partial charge in [0.1, 0.15) is 0 Å². The molecular formula is C10H23IN2. The molecule has 0 aromatic rings. The molecule has 0 aliphatic heterocycles. The predicted octanol–water partition coefficient (Wildman–Crippen LogP) is 2.64. The molecule has 0 heterocycles. The number of hydrogen-bond acceptors (Lipinski definition) is 2. The number of halogens is 1. The maximum absolute atomic E-state index is 6.22. The molecule has 13 heavy (non-hydrogen) atoms. The highest BCUT2D eigenvalue weighted by Gasteiger charge is 2.38. The van der Waals surface area contributed by atoms with Gasteiger partial charge in [-0.2, -0.15) is 0 Å². The van der Waals surface area contributed by atoms with Crippen LogP contribution in [0.2, 0.25) is 0 Å². The molecular weight excluding hydrogens is 275 g/mol. The molecule has 3 heteroatoms. The summed E-state index contributed by atoms with van der Waals surface area (Å²) < 4.78 is -0.278. The van der Waals surface area contributed by atoms with Crippen molar-refractivity contribution < 1.29 is 0 Å². The number of alkyl halides is 1. The van der Waals surface area contributed by atoms with E-state index in [9.17, 15) is 0 Å². The van der Waals surface area contributed by atoms with Crippen molar-refractivity contribution in [3.05, 3.63) is 0 Å². The molecule has 2 atom stereocenters. The first-order valence-corrected chi connectivity index (χ1v) is 6.07. The van der Waals surface area contributed by atoms with E-state index >= 15 is 0 Å². The lowest BCUT2D eigenvalue weighted by Crippen LogP contribution is -2.59. The van der Waals surface area contributed by atoms with E-state index in [2.05, 4.69) is 50.3 Å². The molecule has 0 radical (unpaired) electrons. The second kappa shape index (κ2) is 4.94. The van der Waals surface area contributed by atoms with E-state index in [1.54, 1.807) is 0 Å². The van der Waals surface area contributed by atoms with E-state index in [4.69, 9.17) is 11.5 Å². The van der Waals surface area contributed by atoms with Crippen LogP contribution in [0.25, 0.3) is 0 Å². The molecule has 0 bridgehead atoms. The third kappa shape index (κ3) is 4.13. The molecule has 2 nitrogen and oxygen atoms in total. The van der Waals surface area contributed by atoms with E-state index in [0.717, 1.165) is 19.3 Å². The fraction of sp³-hybridized carbons (Fsp3) is 1.00. The summed E-state index contributed by atoms with van der Waals surface area (Å²) in [5, 5.41) is 0. The van der Waals surface area contributed by atoms with Crippen LogP contribution in [0, 0.1) is 5.92 Å². The number of rotatable bonds is 5. The van der Waals surface area contributed by atoms with Crippen LogP contribution in [0.4, 0.5) is 0 Å². The van der Waals surface area contributed by atoms with Gasteiger partial charge in [0.25, 0.3) is 0 Å². The Hall–Kier alpha value is 0.650. The Labute approximate surface area is 96.0 Å². The van der Waals surface area contributed by atoms with Crippen molar-refractivity contribution in [2.75, 3.05) is 0 Å². The van der Waals surface area contributed by atoms with Gasteiger partial charge < -0.3 is 11.5 Å². The van der Waals surface area contributed by atoms with Crippen molar-refractivity contribution in [1.82, 2.24) is 0 Å². The van der Waals surface area contributed by atoms with Gasteiger partial charge in [0, 0.05) is 5.54 Å². The van der Waals surface area contributed by atoms with E-state index in [-0.39, 0.29) is 9.08 Å². The zero-order valence-corrected chi connectivity index (χ0v) is 11.4. The fourth-order valence-corrected chi connectivity index (χ4v) is 1.47. The van der Waals surface area contributed by atoms with Crippen LogP contribution in [0.5, 0.6) is 0 Å². The van der Waals surface area contributed by atoms with Crippen molar-refractivity contribution in [2.45, 2.75) is 56.0 Å². The van der Waals surface area contributed by atoms with Gasteiger partial charge in [-0.15, -0.1) is 0 Å². The summed E-state index contributed by atoms with van der Waals surface area (Å²) >= 11 is 2.28. The highest BCUT2D eigenvalue weighted by atomic mass is 127. The fourth-order valence-electron chi connectivity index (χ4n) is 1.20. The predicted molar refractivity (Wildman–Crippen MR) is 67.9 cm³/mol. The Morgan fingerprint density at radius 3 is 2.08 bits per heavy atom. The van der Waals surface area contributed by atoms with Gasteiger partial charge in [0.2, 0.25) is 0 Å². The standard InChI is InChI=1S/C10H23IN2/c1-5-10(11,13)9(4,12)7-6-8(2)3/h8H,5-7,12-13H2,1-4H3. The Bertz CT molecular complexity index is 153. The third-order valence-electron chi connectivity index (χ3n) is 2.70. The molecule has 80 valence electrons. The Morgan fingerprint density at radius 1 is 1.31 bits per heavy atom. The van der Waals surface area contributed by atoms with Crippen molar-refractivity contribution in [3.8, 4) is 0 Å². The average molecular weight is 298 g/mol. The molecule has 0 fully saturated rings. The smallest absolute Gasteiger partial charge is 0.0856 e. The van der Waals surface area contributed by atoms with Crippen LogP contribution in [0.3, 0.4) is 0 Å². The maximum Gasteiger partial charge on any atom is 0.0856 e. The van der Waals surface area contributed by atoms with Crippen molar-refractivity contribution in [3.63, 3.8) is 0 Å². The number of hydrogen-bond donors (Lipinski definition) is 2. The average Bonchev–Trinajstić information content (AvgIpc) is 2.01. The first-order chi connectivity index (χ1) is 5.73. The second-order valence-corrected chi connectivity index (χ2v) is 6.49. The zero-order valence-electron chi connectivity index (χ0n) is 9.23. The highest BCUT2D eigenvalue weighted by molar-refractivity contribution is 14.1. The molecule has 0 saturated heterocycles. The van der Waals surface area contributed by atoms with Crippen LogP contribution >= 0.6 is 22.6 Å². The van der Waals surface area contributed by atoms with Crippen LogP contribution in [0.15, 0.2) is 0 Å². The van der Waals surface area contributed by atoms with E-state index in [1.807, 2.05) is 0 Å². The molecule has 4 N–H and O–H groups in total. The second-order valence-electron chi connectivity index (χ2n) is 4.57. The van der Waals surface area contributed by atoms with Gasteiger partial charge in [-0.3, -0.25) is 0 Å². The topological polar surface area (TPSA) is 52.0 Å². The van der Waals surface area contributed by atoms with E-state index < -0.39 is 0 Å². The van der Waals surface area contributed by atoms with Gasteiger partial charge >= 0.3 is 0 Å². The van der Waals surface area contributed by atoms with E-state index in [1.165, 1.54) is 0 Å². The molecule has 0 aromatic heterocycles. The molecule has 0 aromatic carbocycles. The lowest BCUT2D eigenvalue weighted by atomic mass is 9.85. The minimum atomic E-state index is -0.278. The van der Waals surface area contributed by atoms with Crippen LogP contribution < -0.4 is 11.5 Å². The largest absolute Gasteiger partial charge is 0.323 e. The molecule has 0 rings (SSSR count). The Morgan fingerprint density at radius 2 is 1.77 bits per heavy atom. The van der Waals surface area contributed by atoms with Gasteiger partial charge in [-0.1, -0.05) is 43.4 Å². The lowest BCUT2D eigenvalue weighted by molar-refractivity contribution is 0.304. The minimum Gasteiger partial charge on any atom is -0.323 e.